The average molecular weight is 480 g/mol. The topological polar surface area (TPSA) is 111 Å². The van der Waals surface area contributed by atoms with Gasteiger partial charge in [0.15, 0.2) is 0 Å². The summed E-state index contributed by atoms with van der Waals surface area (Å²) in [7, 11) is 1.54. The molecule has 8 heteroatoms. The van der Waals surface area contributed by atoms with Crippen molar-refractivity contribution in [1.29, 1.82) is 0 Å². The Morgan fingerprint density at radius 1 is 1.14 bits per heavy atom. The monoisotopic (exact) mass is 479 g/mol. The molecule has 2 aliphatic rings. The van der Waals surface area contributed by atoms with Crippen LogP contribution in [0, 0.1) is 5.92 Å². The number of benzene rings is 2. The zero-order chi connectivity index (χ0) is 25.1. The summed E-state index contributed by atoms with van der Waals surface area (Å²) in [4.78, 5) is 39.6. The summed E-state index contributed by atoms with van der Waals surface area (Å²) in [6.07, 6.45) is 0.853. The fourth-order valence-electron chi connectivity index (χ4n) is 5.01. The zero-order valence-corrected chi connectivity index (χ0v) is 20.5. The van der Waals surface area contributed by atoms with Gasteiger partial charge in [0.05, 0.1) is 6.10 Å². The van der Waals surface area contributed by atoms with Gasteiger partial charge in [-0.25, -0.2) is 4.79 Å². The van der Waals surface area contributed by atoms with E-state index in [0.717, 1.165) is 23.1 Å². The lowest BCUT2D eigenvalue weighted by Gasteiger charge is -2.30. The van der Waals surface area contributed by atoms with Crippen LogP contribution in [0.5, 0.6) is 0 Å². The highest BCUT2D eigenvalue weighted by atomic mass is 16.5. The molecule has 35 heavy (non-hydrogen) atoms. The normalized spacial score (nSPS) is 20.0. The quantitative estimate of drug-likeness (QED) is 0.516. The van der Waals surface area contributed by atoms with Crippen molar-refractivity contribution in [3.63, 3.8) is 0 Å². The fraction of sp³-hybridized carbons (Fsp3) is 0.444. The van der Waals surface area contributed by atoms with Crippen molar-refractivity contribution >= 4 is 17.9 Å². The van der Waals surface area contributed by atoms with Crippen LogP contribution in [0.4, 0.5) is 4.79 Å². The van der Waals surface area contributed by atoms with Gasteiger partial charge in [0, 0.05) is 20.1 Å². The summed E-state index contributed by atoms with van der Waals surface area (Å²) in [6, 6.07) is 12.7. The molecule has 0 unspecified atom stereocenters. The predicted molar refractivity (Wildman–Crippen MR) is 131 cm³/mol. The molecule has 2 aromatic rings. The van der Waals surface area contributed by atoms with Gasteiger partial charge in [-0.15, -0.1) is 0 Å². The van der Waals surface area contributed by atoms with Crippen LogP contribution < -0.4 is 11.1 Å². The van der Waals surface area contributed by atoms with Crippen molar-refractivity contribution in [2.24, 2.45) is 11.7 Å². The van der Waals surface area contributed by atoms with E-state index >= 15 is 0 Å². The molecule has 2 aromatic carbocycles. The third-order valence-electron chi connectivity index (χ3n) is 7.27. The van der Waals surface area contributed by atoms with Crippen molar-refractivity contribution in [1.82, 2.24) is 10.2 Å². The number of ether oxygens (including phenoxy) is 2. The molecule has 0 bridgehead atoms. The fourth-order valence-corrected chi connectivity index (χ4v) is 5.01. The molecule has 4 atom stereocenters. The minimum Gasteiger partial charge on any atom is -0.445 e. The van der Waals surface area contributed by atoms with Gasteiger partial charge in [0.2, 0.25) is 11.8 Å². The Bertz CT molecular complexity index is 1120. The number of likely N-dealkylation sites (tertiary alicyclic amines) is 1. The molecule has 1 heterocycles. The average Bonchev–Trinajstić information content (AvgIpc) is 3.47. The third-order valence-corrected chi connectivity index (χ3v) is 7.27. The smallest absolute Gasteiger partial charge is 0.408 e. The van der Waals surface area contributed by atoms with Crippen LogP contribution >= 0.6 is 0 Å². The van der Waals surface area contributed by atoms with Gasteiger partial charge in [0.25, 0.3) is 0 Å². The van der Waals surface area contributed by atoms with Crippen LogP contribution in [0.1, 0.15) is 43.4 Å². The highest BCUT2D eigenvalue weighted by molar-refractivity contribution is 5.91. The summed E-state index contributed by atoms with van der Waals surface area (Å²) < 4.78 is 10.9. The highest BCUT2D eigenvalue weighted by Crippen LogP contribution is 2.38. The number of rotatable bonds is 8. The van der Waals surface area contributed by atoms with Gasteiger partial charge in [-0.1, -0.05) is 62.7 Å². The van der Waals surface area contributed by atoms with E-state index in [0.29, 0.717) is 12.8 Å². The van der Waals surface area contributed by atoms with Crippen LogP contribution in [-0.2, 0) is 32.1 Å². The Labute approximate surface area is 205 Å². The van der Waals surface area contributed by atoms with Crippen LogP contribution in [0.25, 0.3) is 11.1 Å². The molecule has 1 aliphatic carbocycles. The highest BCUT2D eigenvalue weighted by Gasteiger charge is 2.42. The van der Waals surface area contributed by atoms with Crippen LogP contribution in [0.3, 0.4) is 0 Å². The predicted octanol–water partition coefficient (Wildman–Crippen LogP) is 3.00. The number of carbonyl (C=O) groups is 3. The van der Waals surface area contributed by atoms with Crippen LogP contribution in [0.15, 0.2) is 42.5 Å². The van der Waals surface area contributed by atoms with E-state index in [-0.39, 0.29) is 31.1 Å². The first kappa shape index (κ1) is 24.7. The summed E-state index contributed by atoms with van der Waals surface area (Å²) in [5.41, 5.74) is 11.3. The van der Waals surface area contributed by atoms with Gasteiger partial charge in [-0.05, 0) is 40.2 Å². The molecule has 0 saturated carbocycles. The lowest BCUT2D eigenvalue weighted by atomic mass is 9.97. The van der Waals surface area contributed by atoms with E-state index < -0.39 is 24.1 Å². The van der Waals surface area contributed by atoms with Crippen molar-refractivity contribution in [2.75, 3.05) is 13.7 Å². The molecule has 3 amide bonds. The largest absolute Gasteiger partial charge is 0.445 e. The maximum Gasteiger partial charge on any atom is 0.408 e. The number of nitrogens with one attached hydrogen (secondary N) is 1. The van der Waals surface area contributed by atoms with E-state index in [1.54, 1.807) is 0 Å². The Morgan fingerprint density at radius 2 is 1.89 bits per heavy atom. The summed E-state index contributed by atoms with van der Waals surface area (Å²) in [6.45, 7) is 4.18. The van der Waals surface area contributed by atoms with Gasteiger partial charge in [0.1, 0.15) is 18.7 Å². The second-order valence-electron chi connectivity index (χ2n) is 9.36. The number of amides is 3. The molecule has 8 nitrogen and oxygen atoms in total. The van der Waals surface area contributed by atoms with E-state index in [1.807, 2.05) is 38.1 Å². The first-order valence-electron chi connectivity index (χ1n) is 12.1. The summed E-state index contributed by atoms with van der Waals surface area (Å²) in [5, 5.41) is 2.75. The van der Waals surface area contributed by atoms with E-state index in [9.17, 15) is 14.4 Å². The molecule has 1 fully saturated rings. The number of hydrogen-bond acceptors (Lipinski definition) is 5. The van der Waals surface area contributed by atoms with E-state index in [1.165, 1.54) is 23.1 Å². The van der Waals surface area contributed by atoms with Crippen molar-refractivity contribution in [3.05, 3.63) is 59.2 Å². The van der Waals surface area contributed by atoms with Crippen molar-refractivity contribution < 1.29 is 23.9 Å². The van der Waals surface area contributed by atoms with Crippen molar-refractivity contribution in [2.45, 2.75) is 57.9 Å². The molecule has 0 radical (unpaired) electrons. The number of primary amides is 1. The number of methoxy groups -OCH3 is 1. The maximum atomic E-state index is 13.4. The summed E-state index contributed by atoms with van der Waals surface area (Å²) >= 11 is 0. The van der Waals surface area contributed by atoms with E-state index in [2.05, 4.69) is 23.5 Å². The molecular weight excluding hydrogens is 446 g/mol. The number of hydrogen-bond donors (Lipinski definition) is 2. The van der Waals surface area contributed by atoms with E-state index in [4.69, 9.17) is 15.2 Å². The molecule has 1 aliphatic heterocycles. The lowest BCUT2D eigenvalue weighted by molar-refractivity contribution is -0.140. The van der Waals surface area contributed by atoms with Crippen LogP contribution in [-0.4, -0.2) is 54.6 Å². The van der Waals surface area contributed by atoms with Gasteiger partial charge in [-0.2, -0.15) is 0 Å². The minimum atomic E-state index is -0.837. The first-order valence-corrected chi connectivity index (χ1v) is 12.1. The number of nitrogens with zero attached hydrogens (tertiary/aromatic N) is 1. The molecule has 4 rings (SSSR count). The third kappa shape index (κ3) is 5.03. The Kier molecular flexibility index (Phi) is 7.40. The molecular formula is C27H33N3O5. The van der Waals surface area contributed by atoms with Gasteiger partial charge < -0.3 is 25.4 Å². The SMILES string of the molecule is CC[C@H](C)[C@H](NC(=O)OCc1cccc2c1Cc1ccccc1-2)C(=O)N1C[C@@H](OC)C[C@H]1C(N)=O. The molecule has 1 saturated heterocycles. The zero-order valence-electron chi connectivity index (χ0n) is 20.5. The number of nitrogens with two attached hydrogens (primary N) is 1. The standard InChI is InChI=1S/C27H33N3O5/c1-4-16(2)24(26(32)30-14-19(34-3)13-23(30)25(28)31)29-27(33)35-15-18-9-7-11-21-20-10-6-5-8-17(20)12-22(18)21/h5-11,16,19,23-24H,4,12-15H2,1-3H3,(H2,28,31)(H,29,33)/t16-,19-,23-,24-/m0/s1. The van der Waals surface area contributed by atoms with Crippen LogP contribution in [0.2, 0.25) is 0 Å². The second kappa shape index (κ2) is 10.5. The minimum absolute atomic E-state index is 0.101. The molecule has 3 N–H and O–H groups in total. The maximum absolute atomic E-state index is 13.4. The van der Waals surface area contributed by atoms with Gasteiger partial charge in [-0.3, -0.25) is 9.59 Å². The Hall–Kier alpha value is -3.39. The summed E-state index contributed by atoms with van der Waals surface area (Å²) in [5.74, 6) is -1.10. The van der Waals surface area contributed by atoms with Crippen molar-refractivity contribution in [3.8, 4) is 11.1 Å². The number of carbonyl (C=O) groups excluding carboxylic acids is 3. The molecule has 186 valence electrons. The second-order valence-corrected chi connectivity index (χ2v) is 9.36. The number of alkyl carbamates (subject to hydrolysis) is 1. The first-order chi connectivity index (χ1) is 16.8. The molecule has 0 aromatic heterocycles. The molecule has 0 spiro atoms. The van der Waals surface area contributed by atoms with Gasteiger partial charge >= 0.3 is 6.09 Å². The Morgan fingerprint density at radius 3 is 2.60 bits per heavy atom. The number of fused-ring (bicyclic) bond motifs is 3. The lowest BCUT2D eigenvalue weighted by Crippen LogP contribution is -2.55. The Balaban J connectivity index is 1.44.